The van der Waals surface area contributed by atoms with E-state index in [-0.39, 0.29) is 12.0 Å². The molecule has 1 atom stereocenters. The summed E-state index contributed by atoms with van der Waals surface area (Å²) < 4.78 is 5.55. The molecule has 20 heavy (non-hydrogen) atoms. The molecular formula is C14H19N3O3. The molecule has 6 nitrogen and oxygen atoms in total. The number of ether oxygens (including phenoxy) is 1. The van der Waals surface area contributed by atoms with Gasteiger partial charge < -0.3 is 21.1 Å². The van der Waals surface area contributed by atoms with E-state index in [2.05, 4.69) is 10.6 Å². The number of nitrogens with one attached hydrogen (secondary N) is 2. The SMILES string of the molecule is NC(=O)Nc1cccc(C(=O)NC[C@@H]2CCCCO2)c1. The van der Waals surface area contributed by atoms with Crippen LogP contribution in [0.3, 0.4) is 0 Å². The molecule has 0 bridgehead atoms. The third-order valence-electron chi connectivity index (χ3n) is 3.16. The number of benzene rings is 1. The van der Waals surface area contributed by atoms with Crippen LogP contribution in [0.1, 0.15) is 29.6 Å². The van der Waals surface area contributed by atoms with Crippen molar-refractivity contribution in [3.8, 4) is 0 Å². The molecule has 1 aromatic carbocycles. The fourth-order valence-corrected chi connectivity index (χ4v) is 2.16. The summed E-state index contributed by atoms with van der Waals surface area (Å²) in [5.74, 6) is -0.188. The molecule has 0 aromatic heterocycles. The molecule has 6 heteroatoms. The van der Waals surface area contributed by atoms with Crippen LogP contribution < -0.4 is 16.4 Å². The maximum Gasteiger partial charge on any atom is 0.316 e. The van der Waals surface area contributed by atoms with E-state index in [4.69, 9.17) is 10.5 Å². The van der Waals surface area contributed by atoms with Gasteiger partial charge in [0.05, 0.1) is 6.10 Å². The van der Waals surface area contributed by atoms with Crippen molar-refractivity contribution >= 4 is 17.6 Å². The first-order valence-corrected chi connectivity index (χ1v) is 6.71. The van der Waals surface area contributed by atoms with Crippen LogP contribution in [-0.2, 0) is 4.74 Å². The topological polar surface area (TPSA) is 93.5 Å². The largest absolute Gasteiger partial charge is 0.376 e. The Balaban J connectivity index is 1.89. The van der Waals surface area contributed by atoms with Crippen molar-refractivity contribution in [1.29, 1.82) is 0 Å². The van der Waals surface area contributed by atoms with Crippen LogP contribution in [0.15, 0.2) is 24.3 Å². The van der Waals surface area contributed by atoms with E-state index in [0.29, 0.717) is 17.8 Å². The molecule has 0 aliphatic carbocycles. The summed E-state index contributed by atoms with van der Waals surface area (Å²) in [5, 5.41) is 5.28. The molecule has 0 spiro atoms. The highest BCUT2D eigenvalue weighted by Gasteiger charge is 2.15. The van der Waals surface area contributed by atoms with E-state index in [9.17, 15) is 9.59 Å². The summed E-state index contributed by atoms with van der Waals surface area (Å²) in [4.78, 5) is 22.8. The van der Waals surface area contributed by atoms with E-state index in [1.807, 2.05) is 0 Å². The molecule has 1 aromatic rings. The Labute approximate surface area is 117 Å². The average Bonchev–Trinajstić information content (AvgIpc) is 2.45. The maximum absolute atomic E-state index is 12.0. The van der Waals surface area contributed by atoms with Crippen molar-refractivity contribution in [2.24, 2.45) is 5.73 Å². The van der Waals surface area contributed by atoms with Crippen LogP contribution in [0.25, 0.3) is 0 Å². The second-order valence-electron chi connectivity index (χ2n) is 4.77. The lowest BCUT2D eigenvalue weighted by Gasteiger charge is -2.22. The third kappa shape index (κ3) is 4.24. The number of nitrogens with two attached hydrogens (primary N) is 1. The van der Waals surface area contributed by atoms with Gasteiger partial charge in [0.2, 0.25) is 0 Å². The predicted octanol–water partition coefficient (Wildman–Crippen LogP) is 1.48. The van der Waals surface area contributed by atoms with Crippen LogP contribution in [-0.4, -0.2) is 31.2 Å². The Hall–Kier alpha value is -2.08. The molecule has 1 saturated heterocycles. The zero-order valence-electron chi connectivity index (χ0n) is 11.2. The van der Waals surface area contributed by atoms with Gasteiger partial charge in [-0.05, 0) is 37.5 Å². The lowest BCUT2D eigenvalue weighted by Crippen LogP contribution is -2.35. The summed E-state index contributed by atoms with van der Waals surface area (Å²) in [5.41, 5.74) is 6.02. The van der Waals surface area contributed by atoms with E-state index in [1.54, 1.807) is 24.3 Å². The van der Waals surface area contributed by atoms with Gasteiger partial charge in [0.15, 0.2) is 0 Å². The van der Waals surface area contributed by atoms with Gasteiger partial charge in [-0.25, -0.2) is 4.79 Å². The fraction of sp³-hybridized carbons (Fsp3) is 0.429. The first-order valence-electron chi connectivity index (χ1n) is 6.71. The molecule has 1 fully saturated rings. The first-order chi connectivity index (χ1) is 9.65. The van der Waals surface area contributed by atoms with Gasteiger partial charge in [0, 0.05) is 24.4 Å². The van der Waals surface area contributed by atoms with Crippen molar-refractivity contribution in [3.63, 3.8) is 0 Å². The van der Waals surface area contributed by atoms with Crippen molar-refractivity contribution in [1.82, 2.24) is 5.32 Å². The molecule has 4 N–H and O–H groups in total. The number of carbonyl (C=O) groups excluding carboxylic acids is 2. The van der Waals surface area contributed by atoms with E-state index in [0.717, 1.165) is 25.9 Å². The summed E-state index contributed by atoms with van der Waals surface area (Å²) in [6.45, 7) is 1.27. The smallest absolute Gasteiger partial charge is 0.316 e. The molecule has 1 aliphatic rings. The second kappa shape index (κ2) is 6.91. The minimum Gasteiger partial charge on any atom is -0.376 e. The number of urea groups is 1. The van der Waals surface area contributed by atoms with Crippen molar-refractivity contribution in [2.45, 2.75) is 25.4 Å². The monoisotopic (exact) mass is 277 g/mol. The second-order valence-corrected chi connectivity index (χ2v) is 4.77. The van der Waals surface area contributed by atoms with Crippen molar-refractivity contribution < 1.29 is 14.3 Å². The van der Waals surface area contributed by atoms with Crippen molar-refractivity contribution in [3.05, 3.63) is 29.8 Å². The molecular weight excluding hydrogens is 258 g/mol. The highest BCUT2D eigenvalue weighted by atomic mass is 16.5. The lowest BCUT2D eigenvalue weighted by atomic mass is 10.1. The van der Waals surface area contributed by atoms with Crippen LogP contribution in [0, 0.1) is 0 Å². The maximum atomic E-state index is 12.0. The predicted molar refractivity (Wildman–Crippen MR) is 75.6 cm³/mol. The summed E-state index contributed by atoms with van der Waals surface area (Å²) in [6, 6.07) is 5.98. The normalized spacial score (nSPS) is 18.3. The number of hydrogen-bond donors (Lipinski definition) is 3. The van der Waals surface area contributed by atoms with Gasteiger partial charge in [-0.1, -0.05) is 6.07 Å². The number of rotatable bonds is 4. The average molecular weight is 277 g/mol. The number of primary amides is 1. The number of hydrogen-bond acceptors (Lipinski definition) is 3. The Kier molecular flexibility index (Phi) is 4.95. The van der Waals surface area contributed by atoms with Gasteiger partial charge in [-0.2, -0.15) is 0 Å². The van der Waals surface area contributed by atoms with Gasteiger partial charge in [0.25, 0.3) is 5.91 Å². The Bertz CT molecular complexity index is 484. The van der Waals surface area contributed by atoms with Crippen LogP contribution in [0.4, 0.5) is 10.5 Å². The fourth-order valence-electron chi connectivity index (χ4n) is 2.16. The van der Waals surface area contributed by atoms with Gasteiger partial charge >= 0.3 is 6.03 Å². The molecule has 0 saturated carbocycles. The van der Waals surface area contributed by atoms with Crippen LogP contribution >= 0.6 is 0 Å². The van der Waals surface area contributed by atoms with Gasteiger partial charge in [-0.15, -0.1) is 0 Å². The first kappa shape index (κ1) is 14.3. The zero-order chi connectivity index (χ0) is 14.4. The summed E-state index contributed by atoms with van der Waals surface area (Å²) in [6.07, 6.45) is 3.30. The molecule has 108 valence electrons. The minimum absolute atomic E-state index is 0.0969. The van der Waals surface area contributed by atoms with Crippen LogP contribution in [0.5, 0.6) is 0 Å². The summed E-state index contributed by atoms with van der Waals surface area (Å²) in [7, 11) is 0. The highest BCUT2D eigenvalue weighted by Crippen LogP contribution is 2.13. The van der Waals surface area contributed by atoms with E-state index in [1.165, 1.54) is 0 Å². The Morgan fingerprint density at radius 3 is 2.90 bits per heavy atom. The standard InChI is InChI=1S/C14H19N3O3/c15-14(19)17-11-5-3-4-10(8-11)13(18)16-9-12-6-1-2-7-20-12/h3-5,8,12H,1-2,6-7,9H2,(H,16,18)(H3,15,17,19)/t12-/m0/s1. The number of anilines is 1. The molecule has 1 heterocycles. The number of amides is 3. The quantitative estimate of drug-likeness (QED) is 0.778. The molecule has 0 unspecified atom stereocenters. The molecule has 3 amide bonds. The zero-order valence-corrected chi connectivity index (χ0v) is 11.2. The van der Waals surface area contributed by atoms with E-state index < -0.39 is 6.03 Å². The van der Waals surface area contributed by atoms with Gasteiger partial charge in [0.1, 0.15) is 0 Å². The molecule has 2 rings (SSSR count). The molecule has 1 aliphatic heterocycles. The minimum atomic E-state index is -0.654. The lowest BCUT2D eigenvalue weighted by molar-refractivity contribution is 0.0169. The Morgan fingerprint density at radius 2 is 2.20 bits per heavy atom. The van der Waals surface area contributed by atoms with E-state index >= 15 is 0 Å². The summed E-state index contributed by atoms with van der Waals surface area (Å²) >= 11 is 0. The third-order valence-corrected chi connectivity index (χ3v) is 3.16. The highest BCUT2D eigenvalue weighted by molar-refractivity contribution is 5.96. The Morgan fingerprint density at radius 1 is 1.35 bits per heavy atom. The van der Waals surface area contributed by atoms with Crippen molar-refractivity contribution in [2.75, 3.05) is 18.5 Å². The molecule has 0 radical (unpaired) electrons. The van der Waals surface area contributed by atoms with Gasteiger partial charge in [-0.3, -0.25) is 4.79 Å². The number of carbonyl (C=O) groups is 2. The van der Waals surface area contributed by atoms with Crippen LogP contribution in [0.2, 0.25) is 0 Å².